The first-order valence-electron chi connectivity index (χ1n) is 7.87. The highest BCUT2D eigenvalue weighted by atomic mass is 19.1. The number of halogens is 1. The quantitative estimate of drug-likeness (QED) is 0.639. The normalized spacial score (nSPS) is 10.8. The number of hydrogen-bond acceptors (Lipinski definition) is 4. The molecule has 0 fully saturated rings. The molecule has 2 aromatic heterocycles. The van der Waals surface area contributed by atoms with Crippen molar-refractivity contribution in [3.05, 3.63) is 64.5 Å². The number of nitrogens with one attached hydrogen (secondary N) is 2. The molecule has 130 valence electrons. The minimum absolute atomic E-state index is 0.255. The summed E-state index contributed by atoms with van der Waals surface area (Å²) in [6.45, 7) is 0.974. The Hall–Kier alpha value is -3.16. The molecule has 8 heteroatoms. The first kappa shape index (κ1) is 16.7. The molecular weight excluding hydrogens is 327 g/mol. The second-order valence-corrected chi connectivity index (χ2v) is 5.44. The zero-order valence-electron chi connectivity index (χ0n) is 13.4. The molecule has 0 aliphatic rings. The Labute approximate surface area is 142 Å². The number of H-pyrrole nitrogens is 1. The fourth-order valence-electron chi connectivity index (χ4n) is 2.29. The maximum absolute atomic E-state index is 12.8. The lowest BCUT2D eigenvalue weighted by Gasteiger charge is -2.07. The van der Waals surface area contributed by atoms with Gasteiger partial charge in [-0.25, -0.2) is 18.7 Å². The van der Waals surface area contributed by atoms with E-state index in [4.69, 9.17) is 4.74 Å². The molecule has 0 aliphatic carbocycles. The molecule has 0 bridgehead atoms. The Bertz CT molecular complexity index is 918. The fraction of sp³-hybridized carbons (Fsp3) is 0.235. The van der Waals surface area contributed by atoms with Gasteiger partial charge in [0.25, 0.3) is 5.91 Å². The molecule has 2 heterocycles. The third kappa shape index (κ3) is 4.23. The number of aromatic nitrogens is 3. The van der Waals surface area contributed by atoms with Gasteiger partial charge in [0.05, 0.1) is 12.2 Å². The van der Waals surface area contributed by atoms with Gasteiger partial charge in [-0.05, 0) is 49.2 Å². The molecule has 0 saturated carbocycles. The molecule has 0 atom stereocenters. The standard InChI is InChI=1S/C17H17FN4O3/c18-13-4-6-14(7-5-13)25-10-2-1-9-19-16(23)12-3-8-15-20-21-17(24)22(15)11-12/h3-8,11H,1-2,9-10H2,(H,19,23)(H,21,24). The average Bonchev–Trinajstić information content (AvgIpc) is 3.00. The van der Waals surface area contributed by atoms with Gasteiger partial charge in [-0.1, -0.05) is 0 Å². The predicted octanol–water partition coefficient (Wildman–Crippen LogP) is 1.75. The molecule has 0 saturated heterocycles. The van der Waals surface area contributed by atoms with Crippen molar-refractivity contribution < 1.29 is 13.9 Å². The SMILES string of the molecule is O=C(NCCCCOc1ccc(F)cc1)c1ccc2n[nH]c(=O)n2c1. The average molecular weight is 344 g/mol. The first-order chi connectivity index (χ1) is 12.1. The van der Waals surface area contributed by atoms with Crippen LogP contribution in [0.25, 0.3) is 5.65 Å². The highest BCUT2D eigenvalue weighted by Crippen LogP contribution is 2.11. The number of fused-ring (bicyclic) bond motifs is 1. The number of benzene rings is 1. The summed E-state index contributed by atoms with van der Waals surface area (Å²) in [5, 5.41) is 8.91. The molecule has 2 N–H and O–H groups in total. The van der Waals surface area contributed by atoms with E-state index in [-0.39, 0.29) is 17.4 Å². The van der Waals surface area contributed by atoms with E-state index in [1.54, 1.807) is 24.3 Å². The van der Waals surface area contributed by atoms with E-state index in [2.05, 4.69) is 15.5 Å². The van der Waals surface area contributed by atoms with Gasteiger partial charge >= 0.3 is 5.69 Å². The molecule has 1 aromatic carbocycles. The number of aromatic amines is 1. The number of unbranched alkanes of at least 4 members (excludes halogenated alkanes) is 1. The highest BCUT2D eigenvalue weighted by Gasteiger charge is 2.08. The van der Waals surface area contributed by atoms with Crippen LogP contribution in [0.2, 0.25) is 0 Å². The fourth-order valence-corrected chi connectivity index (χ4v) is 2.29. The smallest absolute Gasteiger partial charge is 0.347 e. The number of ether oxygens (including phenoxy) is 1. The van der Waals surface area contributed by atoms with Crippen LogP contribution in [0.1, 0.15) is 23.2 Å². The number of hydrogen-bond donors (Lipinski definition) is 2. The van der Waals surface area contributed by atoms with Gasteiger partial charge in [0.15, 0.2) is 5.65 Å². The van der Waals surface area contributed by atoms with E-state index in [1.807, 2.05) is 0 Å². The van der Waals surface area contributed by atoms with Crippen LogP contribution in [0.15, 0.2) is 47.4 Å². The zero-order valence-corrected chi connectivity index (χ0v) is 13.4. The van der Waals surface area contributed by atoms with Crippen molar-refractivity contribution in [1.82, 2.24) is 19.9 Å². The first-order valence-corrected chi connectivity index (χ1v) is 7.87. The predicted molar refractivity (Wildman–Crippen MR) is 89.3 cm³/mol. The lowest BCUT2D eigenvalue weighted by Crippen LogP contribution is -2.25. The van der Waals surface area contributed by atoms with Crippen LogP contribution in [0.4, 0.5) is 4.39 Å². The third-order valence-electron chi connectivity index (χ3n) is 3.61. The molecule has 7 nitrogen and oxygen atoms in total. The second-order valence-electron chi connectivity index (χ2n) is 5.44. The van der Waals surface area contributed by atoms with Gasteiger partial charge in [-0.15, -0.1) is 0 Å². The van der Waals surface area contributed by atoms with E-state index >= 15 is 0 Å². The van der Waals surface area contributed by atoms with Crippen LogP contribution in [0.3, 0.4) is 0 Å². The van der Waals surface area contributed by atoms with Crippen LogP contribution in [-0.4, -0.2) is 33.7 Å². The van der Waals surface area contributed by atoms with Crippen LogP contribution >= 0.6 is 0 Å². The van der Waals surface area contributed by atoms with E-state index < -0.39 is 0 Å². The monoisotopic (exact) mass is 344 g/mol. The number of carbonyl (C=O) groups is 1. The molecule has 25 heavy (non-hydrogen) atoms. The highest BCUT2D eigenvalue weighted by molar-refractivity contribution is 5.94. The Balaban J connectivity index is 1.40. The maximum Gasteiger partial charge on any atom is 0.347 e. The molecule has 1 amide bonds. The molecule has 3 aromatic rings. The van der Waals surface area contributed by atoms with Crippen LogP contribution in [0.5, 0.6) is 5.75 Å². The van der Waals surface area contributed by atoms with E-state index in [0.29, 0.717) is 30.1 Å². The minimum atomic E-state index is -0.386. The van der Waals surface area contributed by atoms with Crippen LogP contribution in [-0.2, 0) is 0 Å². The van der Waals surface area contributed by atoms with E-state index in [1.165, 1.54) is 22.7 Å². The summed E-state index contributed by atoms with van der Waals surface area (Å²) in [7, 11) is 0. The van der Waals surface area contributed by atoms with Crippen LogP contribution < -0.4 is 15.7 Å². The lowest BCUT2D eigenvalue weighted by molar-refractivity contribution is 0.0952. The summed E-state index contributed by atoms with van der Waals surface area (Å²) in [5.74, 6) is 0.0599. The number of rotatable bonds is 7. The van der Waals surface area contributed by atoms with Crippen molar-refractivity contribution >= 4 is 11.6 Å². The van der Waals surface area contributed by atoms with Gasteiger partial charge in [-0.2, -0.15) is 5.10 Å². The number of pyridine rings is 1. The molecular formula is C17H17FN4O3. The van der Waals surface area contributed by atoms with E-state index in [0.717, 1.165) is 12.8 Å². The minimum Gasteiger partial charge on any atom is -0.494 e. The summed E-state index contributed by atoms with van der Waals surface area (Å²) in [6.07, 6.45) is 2.94. The van der Waals surface area contributed by atoms with Gasteiger partial charge < -0.3 is 10.1 Å². The zero-order chi connectivity index (χ0) is 17.6. The van der Waals surface area contributed by atoms with Gasteiger partial charge in [0, 0.05) is 12.7 Å². The Morgan fingerprint density at radius 1 is 1.20 bits per heavy atom. The van der Waals surface area contributed by atoms with Gasteiger partial charge in [-0.3, -0.25) is 4.79 Å². The molecule has 3 rings (SSSR count). The topological polar surface area (TPSA) is 88.5 Å². The van der Waals surface area contributed by atoms with E-state index in [9.17, 15) is 14.0 Å². The third-order valence-corrected chi connectivity index (χ3v) is 3.61. The Morgan fingerprint density at radius 3 is 2.80 bits per heavy atom. The van der Waals surface area contributed by atoms with Crippen molar-refractivity contribution in [2.75, 3.05) is 13.2 Å². The molecule has 0 radical (unpaired) electrons. The van der Waals surface area contributed by atoms with Gasteiger partial charge in [0.2, 0.25) is 0 Å². The lowest BCUT2D eigenvalue weighted by atomic mass is 10.2. The summed E-state index contributed by atoms with van der Waals surface area (Å²) in [5.41, 5.74) is 0.459. The van der Waals surface area contributed by atoms with Crippen molar-refractivity contribution in [2.45, 2.75) is 12.8 Å². The molecule has 0 unspecified atom stereocenters. The van der Waals surface area contributed by atoms with Crippen molar-refractivity contribution in [1.29, 1.82) is 0 Å². The largest absolute Gasteiger partial charge is 0.494 e. The Morgan fingerprint density at radius 2 is 2.00 bits per heavy atom. The summed E-state index contributed by atoms with van der Waals surface area (Å²) >= 11 is 0. The molecule has 0 aliphatic heterocycles. The summed E-state index contributed by atoms with van der Waals surface area (Å²) in [4.78, 5) is 23.6. The van der Waals surface area contributed by atoms with Gasteiger partial charge in [0.1, 0.15) is 11.6 Å². The number of nitrogens with zero attached hydrogens (tertiary/aromatic N) is 2. The van der Waals surface area contributed by atoms with Crippen molar-refractivity contribution in [3.8, 4) is 5.75 Å². The second kappa shape index (κ2) is 7.61. The number of carbonyl (C=O) groups excluding carboxylic acids is 1. The molecule has 0 spiro atoms. The van der Waals surface area contributed by atoms with Crippen molar-refractivity contribution in [3.63, 3.8) is 0 Å². The Kier molecular flexibility index (Phi) is 5.08. The number of amides is 1. The van der Waals surface area contributed by atoms with Crippen LogP contribution in [0, 0.1) is 5.82 Å². The maximum atomic E-state index is 12.8. The summed E-state index contributed by atoms with van der Waals surface area (Å²) in [6, 6.07) is 9.05. The summed E-state index contributed by atoms with van der Waals surface area (Å²) < 4.78 is 19.5. The van der Waals surface area contributed by atoms with Crippen molar-refractivity contribution in [2.24, 2.45) is 0 Å².